The third-order valence-electron chi connectivity index (χ3n) is 3.65. The molecule has 0 aliphatic rings. The van der Waals surface area contributed by atoms with E-state index < -0.39 is 22.5 Å². The number of hydrazone groups is 1. The summed E-state index contributed by atoms with van der Waals surface area (Å²) in [5.41, 5.74) is 3.30. The topological polar surface area (TPSA) is 97.3 Å². The summed E-state index contributed by atoms with van der Waals surface area (Å²) in [6.45, 7) is 1.72. The highest BCUT2D eigenvalue weighted by Gasteiger charge is 2.23. The number of hydrogen-bond acceptors (Lipinski definition) is 6. The molecule has 0 saturated carbocycles. The van der Waals surface area contributed by atoms with Crippen LogP contribution in [0.25, 0.3) is 0 Å². The molecule has 0 saturated heterocycles. The van der Waals surface area contributed by atoms with Gasteiger partial charge >= 0.3 is 0 Å². The van der Waals surface area contributed by atoms with E-state index in [2.05, 4.69) is 10.5 Å². The Morgan fingerprint density at radius 2 is 1.79 bits per heavy atom. The second-order valence-electron chi connectivity index (χ2n) is 5.71. The molecule has 0 radical (unpaired) electrons. The van der Waals surface area contributed by atoms with Crippen molar-refractivity contribution in [2.24, 2.45) is 5.10 Å². The quantitative estimate of drug-likeness (QED) is 0.508. The fourth-order valence-corrected chi connectivity index (χ4v) is 3.29. The van der Waals surface area contributed by atoms with Crippen molar-refractivity contribution in [3.63, 3.8) is 0 Å². The maximum atomic E-state index is 12.3. The fourth-order valence-electron chi connectivity index (χ4n) is 2.43. The monoisotopic (exact) mass is 405 g/mol. The van der Waals surface area contributed by atoms with Gasteiger partial charge < -0.3 is 9.47 Å². The van der Waals surface area contributed by atoms with Gasteiger partial charge in [-0.15, -0.1) is 0 Å². The Bertz CT molecular complexity index is 944. The van der Waals surface area contributed by atoms with Gasteiger partial charge in [-0.1, -0.05) is 24.3 Å². The van der Waals surface area contributed by atoms with Gasteiger partial charge in [-0.2, -0.15) is 5.10 Å². The first-order chi connectivity index (χ1) is 13.4. The minimum Gasteiger partial charge on any atom is -0.496 e. The Morgan fingerprint density at radius 1 is 1.14 bits per heavy atom. The third kappa shape index (κ3) is 5.71. The van der Waals surface area contributed by atoms with Gasteiger partial charge in [-0.25, -0.2) is 13.8 Å². The summed E-state index contributed by atoms with van der Waals surface area (Å²) in [7, 11) is -2.19. The van der Waals surface area contributed by atoms with Crippen LogP contribution < -0.4 is 19.2 Å². The largest absolute Gasteiger partial charge is 0.496 e. The lowest BCUT2D eigenvalue weighted by Gasteiger charge is -2.23. The van der Waals surface area contributed by atoms with Crippen LogP contribution in [-0.4, -0.2) is 47.1 Å². The van der Waals surface area contributed by atoms with Crippen LogP contribution in [-0.2, 0) is 14.8 Å². The molecule has 150 valence electrons. The number of carbonyl (C=O) groups excluding carboxylic acids is 1. The molecular weight excluding hydrogens is 382 g/mol. The van der Waals surface area contributed by atoms with Crippen LogP contribution in [0, 0.1) is 0 Å². The highest BCUT2D eigenvalue weighted by molar-refractivity contribution is 7.92. The Hall–Kier alpha value is -3.07. The van der Waals surface area contributed by atoms with E-state index in [0.29, 0.717) is 23.7 Å². The molecule has 8 nitrogen and oxygen atoms in total. The molecule has 28 heavy (non-hydrogen) atoms. The summed E-state index contributed by atoms with van der Waals surface area (Å²) < 4.78 is 36.1. The van der Waals surface area contributed by atoms with Crippen molar-refractivity contribution in [2.75, 3.05) is 30.8 Å². The predicted octanol–water partition coefficient (Wildman–Crippen LogP) is 2.01. The second-order valence-corrected chi connectivity index (χ2v) is 7.61. The number of carbonyl (C=O) groups is 1. The maximum absolute atomic E-state index is 12.3. The van der Waals surface area contributed by atoms with E-state index in [9.17, 15) is 13.2 Å². The highest BCUT2D eigenvalue weighted by atomic mass is 32.2. The standard InChI is InChI=1S/C19H23N3O5S/c1-4-27-18-12-8-6-10-16(18)22(28(3,24)25)14-19(23)21-20-13-15-9-5-7-11-17(15)26-2/h5-13H,4,14H2,1-3H3,(H,21,23)/b20-13-. The predicted molar refractivity (Wildman–Crippen MR) is 109 cm³/mol. The summed E-state index contributed by atoms with van der Waals surface area (Å²) in [6.07, 6.45) is 2.46. The van der Waals surface area contributed by atoms with Crippen LogP contribution >= 0.6 is 0 Å². The van der Waals surface area contributed by atoms with Gasteiger partial charge in [-0.3, -0.25) is 9.10 Å². The minimum atomic E-state index is -3.72. The van der Waals surface area contributed by atoms with Crippen molar-refractivity contribution in [3.05, 3.63) is 54.1 Å². The summed E-state index contributed by atoms with van der Waals surface area (Å²) in [4.78, 5) is 12.3. The number of benzene rings is 2. The second kappa shape index (κ2) is 9.75. The zero-order valence-electron chi connectivity index (χ0n) is 16.0. The number of ether oxygens (including phenoxy) is 2. The number of methoxy groups -OCH3 is 1. The number of para-hydroxylation sites is 3. The highest BCUT2D eigenvalue weighted by Crippen LogP contribution is 2.29. The third-order valence-corrected chi connectivity index (χ3v) is 4.78. The van der Waals surface area contributed by atoms with E-state index in [-0.39, 0.29) is 5.69 Å². The molecule has 0 unspecified atom stereocenters. The van der Waals surface area contributed by atoms with Gasteiger partial charge in [0.1, 0.15) is 18.0 Å². The average molecular weight is 405 g/mol. The van der Waals surface area contributed by atoms with E-state index in [1.165, 1.54) is 13.3 Å². The Morgan fingerprint density at radius 3 is 2.43 bits per heavy atom. The van der Waals surface area contributed by atoms with Gasteiger partial charge in [0, 0.05) is 5.56 Å². The Kier molecular flexibility index (Phi) is 7.39. The lowest BCUT2D eigenvalue weighted by molar-refractivity contribution is -0.119. The molecule has 0 atom stereocenters. The summed E-state index contributed by atoms with van der Waals surface area (Å²) in [5, 5.41) is 3.88. The zero-order valence-corrected chi connectivity index (χ0v) is 16.8. The van der Waals surface area contributed by atoms with E-state index in [0.717, 1.165) is 10.6 Å². The smallest absolute Gasteiger partial charge is 0.260 e. The van der Waals surface area contributed by atoms with Crippen molar-refractivity contribution in [3.8, 4) is 11.5 Å². The number of rotatable bonds is 9. The van der Waals surface area contributed by atoms with Crippen LogP contribution in [0.4, 0.5) is 5.69 Å². The number of nitrogens with one attached hydrogen (secondary N) is 1. The number of hydrogen-bond donors (Lipinski definition) is 1. The number of amides is 1. The van der Waals surface area contributed by atoms with Crippen LogP contribution in [0.2, 0.25) is 0 Å². The summed E-state index contributed by atoms with van der Waals surface area (Å²) in [6, 6.07) is 13.8. The van der Waals surface area contributed by atoms with Crippen molar-refractivity contribution in [1.29, 1.82) is 0 Å². The lowest BCUT2D eigenvalue weighted by Crippen LogP contribution is -2.39. The van der Waals surface area contributed by atoms with Crippen LogP contribution in [0.15, 0.2) is 53.6 Å². The van der Waals surface area contributed by atoms with E-state index in [1.54, 1.807) is 43.3 Å². The molecule has 2 aromatic carbocycles. The molecule has 0 aliphatic carbocycles. The molecule has 0 bridgehead atoms. The first kappa shape index (κ1) is 21.2. The zero-order chi connectivity index (χ0) is 20.6. The number of sulfonamides is 1. The van der Waals surface area contributed by atoms with E-state index >= 15 is 0 Å². The van der Waals surface area contributed by atoms with Crippen molar-refractivity contribution < 1.29 is 22.7 Å². The first-order valence-corrected chi connectivity index (χ1v) is 10.4. The molecule has 2 aromatic rings. The van der Waals surface area contributed by atoms with Crippen LogP contribution in [0.1, 0.15) is 12.5 Å². The van der Waals surface area contributed by atoms with E-state index in [4.69, 9.17) is 9.47 Å². The number of nitrogens with zero attached hydrogens (tertiary/aromatic N) is 2. The molecule has 0 aromatic heterocycles. The molecule has 9 heteroatoms. The van der Waals surface area contributed by atoms with Gasteiger partial charge in [-0.05, 0) is 31.2 Å². The number of anilines is 1. The van der Waals surface area contributed by atoms with Gasteiger partial charge in [0.05, 0.1) is 31.9 Å². The van der Waals surface area contributed by atoms with Gasteiger partial charge in [0.25, 0.3) is 5.91 Å². The lowest BCUT2D eigenvalue weighted by atomic mass is 10.2. The molecule has 0 spiro atoms. The van der Waals surface area contributed by atoms with Gasteiger partial charge in [0.15, 0.2) is 0 Å². The summed E-state index contributed by atoms with van der Waals surface area (Å²) >= 11 is 0. The van der Waals surface area contributed by atoms with Crippen molar-refractivity contribution in [2.45, 2.75) is 6.92 Å². The SMILES string of the molecule is CCOc1ccccc1N(CC(=O)N/N=C\c1ccccc1OC)S(C)(=O)=O. The molecule has 0 heterocycles. The molecule has 0 aliphatic heterocycles. The normalized spacial score (nSPS) is 11.2. The Labute approximate surface area is 164 Å². The summed E-state index contributed by atoms with van der Waals surface area (Å²) in [5.74, 6) is 0.382. The van der Waals surface area contributed by atoms with Gasteiger partial charge in [0.2, 0.25) is 10.0 Å². The Balaban J connectivity index is 2.15. The van der Waals surface area contributed by atoms with Crippen LogP contribution in [0.5, 0.6) is 11.5 Å². The maximum Gasteiger partial charge on any atom is 0.260 e. The van der Waals surface area contributed by atoms with E-state index in [1.807, 2.05) is 12.1 Å². The molecular formula is C19H23N3O5S. The molecule has 1 N–H and O–H groups in total. The first-order valence-electron chi connectivity index (χ1n) is 8.51. The molecule has 2 rings (SSSR count). The molecule has 1 amide bonds. The van der Waals surface area contributed by atoms with Crippen molar-refractivity contribution in [1.82, 2.24) is 5.43 Å². The van der Waals surface area contributed by atoms with Crippen LogP contribution in [0.3, 0.4) is 0 Å². The minimum absolute atomic E-state index is 0.288. The molecule has 0 fully saturated rings. The fraction of sp³-hybridized carbons (Fsp3) is 0.263. The van der Waals surface area contributed by atoms with Crippen molar-refractivity contribution >= 4 is 27.8 Å². The average Bonchev–Trinajstić information content (AvgIpc) is 2.66.